The zero-order valence-electron chi connectivity index (χ0n) is 22.0. The fourth-order valence-electron chi connectivity index (χ4n) is 4.45. The number of anilines is 1. The number of amides is 1. The number of carbonyl (C=O) groups is 1. The monoisotopic (exact) mass is 550 g/mol. The third-order valence-corrected chi connectivity index (χ3v) is 7.18. The van der Waals surface area contributed by atoms with Gasteiger partial charge >= 0.3 is 0 Å². The molecule has 0 radical (unpaired) electrons. The van der Waals surface area contributed by atoms with Crippen molar-refractivity contribution < 1.29 is 19.0 Å². The molecule has 0 saturated carbocycles. The second-order valence-electron chi connectivity index (χ2n) is 9.12. The number of fused-ring (bicyclic) bond motifs is 1. The fourth-order valence-corrected chi connectivity index (χ4v) is 5.17. The van der Waals surface area contributed by atoms with Crippen LogP contribution in [0.4, 0.5) is 5.13 Å². The van der Waals surface area contributed by atoms with E-state index in [4.69, 9.17) is 19.3 Å². The highest BCUT2D eigenvalue weighted by molar-refractivity contribution is 7.14. The van der Waals surface area contributed by atoms with Gasteiger partial charge in [-0.1, -0.05) is 18.2 Å². The average molecular weight is 551 g/mol. The van der Waals surface area contributed by atoms with Crippen molar-refractivity contribution in [1.82, 2.24) is 14.8 Å². The van der Waals surface area contributed by atoms with Gasteiger partial charge in [0, 0.05) is 34.3 Å². The van der Waals surface area contributed by atoms with Crippen LogP contribution in [0.1, 0.15) is 11.1 Å². The van der Waals surface area contributed by atoms with E-state index in [2.05, 4.69) is 10.3 Å². The molecular weight excluding hydrogens is 524 g/mol. The SMILES string of the molecule is COc1ccc(-c2csc(NC(=O)C=Cc3cn(-c4ccccc4)nc3-c3ccc4c(c3)OCCO4)n2)cc1C. The lowest BCUT2D eigenvalue weighted by molar-refractivity contribution is -0.111. The van der Waals surface area contributed by atoms with E-state index in [0.29, 0.717) is 29.8 Å². The summed E-state index contributed by atoms with van der Waals surface area (Å²) in [6, 6.07) is 21.5. The number of aromatic nitrogens is 3. The van der Waals surface area contributed by atoms with Crippen molar-refractivity contribution in [2.24, 2.45) is 0 Å². The molecule has 3 heterocycles. The predicted octanol–water partition coefficient (Wildman–Crippen LogP) is 6.40. The van der Waals surface area contributed by atoms with Gasteiger partial charge < -0.3 is 14.2 Å². The topological polar surface area (TPSA) is 87.5 Å². The number of nitrogens with one attached hydrogen (secondary N) is 1. The number of carbonyl (C=O) groups excluding carboxylic acids is 1. The number of nitrogens with zero attached hydrogens (tertiary/aromatic N) is 3. The molecule has 1 amide bonds. The highest BCUT2D eigenvalue weighted by Crippen LogP contribution is 2.36. The number of para-hydroxylation sites is 1. The Balaban J connectivity index is 1.25. The normalized spacial score (nSPS) is 12.4. The Labute approximate surface area is 235 Å². The summed E-state index contributed by atoms with van der Waals surface area (Å²) in [4.78, 5) is 17.5. The Kier molecular flexibility index (Phi) is 7.03. The van der Waals surface area contributed by atoms with E-state index in [0.717, 1.165) is 45.1 Å². The van der Waals surface area contributed by atoms with Gasteiger partial charge in [-0.25, -0.2) is 9.67 Å². The lowest BCUT2D eigenvalue weighted by atomic mass is 10.1. The Morgan fingerprint density at radius 3 is 2.62 bits per heavy atom. The van der Waals surface area contributed by atoms with Gasteiger partial charge in [0.1, 0.15) is 24.7 Å². The maximum absolute atomic E-state index is 12.9. The van der Waals surface area contributed by atoms with Gasteiger partial charge in [0.05, 0.1) is 18.5 Å². The highest BCUT2D eigenvalue weighted by atomic mass is 32.1. The van der Waals surface area contributed by atoms with E-state index in [1.54, 1.807) is 17.9 Å². The number of thiazole rings is 1. The van der Waals surface area contributed by atoms with Crippen LogP contribution in [0.15, 0.2) is 84.4 Å². The summed E-state index contributed by atoms with van der Waals surface area (Å²) < 4.78 is 18.6. The van der Waals surface area contributed by atoms with Crippen molar-refractivity contribution in [3.8, 4) is 45.5 Å². The summed E-state index contributed by atoms with van der Waals surface area (Å²) >= 11 is 1.37. The van der Waals surface area contributed by atoms with Gasteiger partial charge in [-0.05, 0) is 67.1 Å². The van der Waals surface area contributed by atoms with Gasteiger partial charge in [-0.3, -0.25) is 10.1 Å². The largest absolute Gasteiger partial charge is 0.496 e. The van der Waals surface area contributed by atoms with Crippen molar-refractivity contribution in [3.63, 3.8) is 0 Å². The molecule has 6 rings (SSSR count). The van der Waals surface area contributed by atoms with Crippen molar-refractivity contribution >= 4 is 28.5 Å². The lowest BCUT2D eigenvalue weighted by Gasteiger charge is -2.18. The first kappa shape index (κ1) is 25.4. The third kappa shape index (κ3) is 5.32. The van der Waals surface area contributed by atoms with Crippen molar-refractivity contribution in [2.75, 3.05) is 25.6 Å². The quantitative estimate of drug-likeness (QED) is 0.236. The van der Waals surface area contributed by atoms with Gasteiger partial charge in [0.2, 0.25) is 5.91 Å². The van der Waals surface area contributed by atoms with E-state index in [1.165, 1.54) is 17.4 Å². The van der Waals surface area contributed by atoms with Gasteiger partial charge in [0.15, 0.2) is 16.6 Å². The van der Waals surface area contributed by atoms with Crippen LogP contribution >= 0.6 is 11.3 Å². The fraction of sp³-hybridized carbons (Fsp3) is 0.129. The first-order valence-electron chi connectivity index (χ1n) is 12.7. The van der Waals surface area contributed by atoms with E-state index >= 15 is 0 Å². The van der Waals surface area contributed by atoms with E-state index in [-0.39, 0.29) is 5.91 Å². The molecule has 1 aliphatic rings. The second-order valence-corrected chi connectivity index (χ2v) is 9.97. The number of rotatable bonds is 7. The number of ether oxygens (including phenoxy) is 3. The van der Waals surface area contributed by atoms with Crippen LogP contribution < -0.4 is 19.5 Å². The molecule has 1 N–H and O–H groups in total. The zero-order chi connectivity index (χ0) is 27.5. The van der Waals surface area contributed by atoms with Crippen molar-refractivity contribution in [1.29, 1.82) is 0 Å². The first-order valence-corrected chi connectivity index (χ1v) is 13.6. The average Bonchev–Trinajstić information content (AvgIpc) is 3.64. The number of methoxy groups -OCH3 is 1. The smallest absolute Gasteiger partial charge is 0.250 e. The molecule has 40 heavy (non-hydrogen) atoms. The molecule has 0 bridgehead atoms. The molecule has 2 aromatic heterocycles. The van der Waals surface area contributed by atoms with Crippen LogP contribution in [0.5, 0.6) is 17.2 Å². The van der Waals surface area contributed by atoms with E-state index < -0.39 is 0 Å². The number of benzene rings is 3. The zero-order valence-corrected chi connectivity index (χ0v) is 22.8. The maximum atomic E-state index is 12.9. The Bertz CT molecular complexity index is 1710. The number of hydrogen-bond donors (Lipinski definition) is 1. The summed E-state index contributed by atoms with van der Waals surface area (Å²) in [6.45, 7) is 3.01. The van der Waals surface area contributed by atoms with Crippen LogP contribution in [0.2, 0.25) is 0 Å². The summed E-state index contributed by atoms with van der Waals surface area (Å²) in [5, 5.41) is 10.1. The predicted molar refractivity (Wildman–Crippen MR) is 156 cm³/mol. The van der Waals surface area contributed by atoms with Gasteiger partial charge in [-0.15, -0.1) is 11.3 Å². The molecule has 5 aromatic rings. The molecule has 0 spiro atoms. The van der Waals surface area contributed by atoms with Crippen LogP contribution in [0.25, 0.3) is 34.3 Å². The minimum Gasteiger partial charge on any atom is -0.496 e. The molecule has 200 valence electrons. The molecule has 0 atom stereocenters. The molecular formula is C31H26N4O4S. The molecule has 1 aliphatic heterocycles. The lowest BCUT2D eigenvalue weighted by Crippen LogP contribution is -2.15. The van der Waals surface area contributed by atoms with Crippen LogP contribution in [-0.2, 0) is 4.79 Å². The van der Waals surface area contributed by atoms with Crippen LogP contribution in [0, 0.1) is 6.92 Å². The van der Waals surface area contributed by atoms with Crippen LogP contribution in [0.3, 0.4) is 0 Å². The van der Waals surface area contributed by atoms with Crippen molar-refractivity contribution in [2.45, 2.75) is 6.92 Å². The molecule has 0 saturated heterocycles. The second kappa shape index (κ2) is 11.1. The first-order chi connectivity index (χ1) is 19.6. The summed E-state index contributed by atoms with van der Waals surface area (Å²) in [7, 11) is 1.65. The Morgan fingerprint density at radius 1 is 1.02 bits per heavy atom. The Hall–Kier alpha value is -4.89. The molecule has 3 aromatic carbocycles. The molecule has 8 nitrogen and oxygen atoms in total. The maximum Gasteiger partial charge on any atom is 0.250 e. The minimum atomic E-state index is -0.285. The molecule has 0 unspecified atom stereocenters. The standard InChI is InChI=1S/C31H26N4O4S/c1-20-16-21(8-11-26(20)37-2)25-19-40-31(32-25)33-29(36)13-10-23-18-35(24-6-4-3-5-7-24)34-30(23)22-9-12-27-28(17-22)39-15-14-38-27/h3-13,16-19H,14-15H2,1-2H3,(H,32,33,36). The number of hydrogen-bond acceptors (Lipinski definition) is 7. The highest BCUT2D eigenvalue weighted by Gasteiger charge is 2.17. The summed E-state index contributed by atoms with van der Waals surface area (Å²) in [5.74, 6) is 1.93. The Morgan fingerprint density at radius 2 is 1.82 bits per heavy atom. The third-order valence-electron chi connectivity index (χ3n) is 6.42. The molecule has 0 fully saturated rings. The van der Waals surface area contributed by atoms with E-state index in [9.17, 15) is 4.79 Å². The molecule has 9 heteroatoms. The van der Waals surface area contributed by atoms with Gasteiger partial charge in [0.25, 0.3) is 0 Å². The summed E-state index contributed by atoms with van der Waals surface area (Å²) in [6.07, 6.45) is 5.15. The summed E-state index contributed by atoms with van der Waals surface area (Å²) in [5.41, 5.74) is 6.04. The number of aryl methyl sites for hydroxylation is 1. The van der Waals surface area contributed by atoms with E-state index in [1.807, 2.05) is 85.2 Å². The minimum absolute atomic E-state index is 0.285. The van der Waals surface area contributed by atoms with Gasteiger partial charge in [-0.2, -0.15) is 5.10 Å². The molecule has 0 aliphatic carbocycles. The van der Waals surface area contributed by atoms with Crippen LogP contribution in [-0.4, -0.2) is 41.0 Å². The van der Waals surface area contributed by atoms with Crippen molar-refractivity contribution in [3.05, 3.63) is 95.5 Å².